The van der Waals surface area contributed by atoms with Gasteiger partial charge in [0.1, 0.15) is 5.75 Å². The summed E-state index contributed by atoms with van der Waals surface area (Å²) < 4.78 is 16.5. The summed E-state index contributed by atoms with van der Waals surface area (Å²) in [6.07, 6.45) is 2.39. The number of thiophene rings is 1. The summed E-state index contributed by atoms with van der Waals surface area (Å²) in [5, 5.41) is 2.04. The highest BCUT2D eigenvalue weighted by molar-refractivity contribution is 7.10. The van der Waals surface area contributed by atoms with Crippen molar-refractivity contribution in [3.05, 3.63) is 76.0 Å². The third-order valence-corrected chi connectivity index (χ3v) is 7.35. The number of carbonyl (C=O) groups excluding carboxylic acids is 2. The number of amides is 2. The predicted molar refractivity (Wildman–Crippen MR) is 151 cm³/mol. The summed E-state index contributed by atoms with van der Waals surface area (Å²) in [4.78, 5) is 31.3. The molecule has 0 unspecified atom stereocenters. The molecule has 7 nitrogen and oxygen atoms in total. The fourth-order valence-corrected chi connectivity index (χ4v) is 4.91. The lowest BCUT2D eigenvalue weighted by molar-refractivity contribution is -0.142. The Balaban J connectivity index is 1.72. The van der Waals surface area contributed by atoms with Crippen molar-refractivity contribution in [2.75, 3.05) is 40.5 Å². The first-order valence-corrected chi connectivity index (χ1v) is 13.8. The van der Waals surface area contributed by atoms with Crippen molar-refractivity contribution >= 4 is 23.2 Å². The van der Waals surface area contributed by atoms with E-state index in [2.05, 4.69) is 19.9 Å². The Bertz CT molecular complexity index is 1160. The van der Waals surface area contributed by atoms with E-state index in [4.69, 9.17) is 14.2 Å². The molecular formula is C30H38N2O5S. The number of methoxy groups -OCH3 is 2. The van der Waals surface area contributed by atoms with Crippen LogP contribution in [-0.4, -0.2) is 62.1 Å². The third kappa shape index (κ3) is 8.52. The molecule has 0 N–H and O–H groups in total. The maximum Gasteiger partial charge on any atom is 0.260 e. The zero-order chi connectivity index (χ0) is 27.3. The molecule has 0 spiro atoms. The minimum absolute atomic E-state index is 0.0212. The van der Waals surface area contributed by atoms with Crippen LogP contribution in [0.15, 0.2) is 60.0 Å². The fourth-order valence-electron chi connectivity index (χ4n) is 3.99. The van der Waals surface area contributed by atoms with E-state index in [-0.39, 0.29) is 25.0 Å². The van der Waals surface area contributed by atoms with Crippen molar-refractivity contribution in [3.63, 3.8) is 0 Å². The van der Waals surface area contributed by atoms with Crippen LogP contribution >= 0.6 is 11.3 Å². The van der Waals surface area contributed by atoms with Gasteiger partial charge in [-0.25, -0.2) is 0 Å². The maximum absolute atomic E-state index is 13.6. The summed E-state index contributed by atoms with van der Waals surface area (Å²) in [6, 6.07) is 17.1. The molecule has 0 aliphatic carbocycles. The van der Waals surface area contributed by atoms with Crippen molar-refractivity contribution in [3.8, 4) is 17.2 Å². The van der Waals surface area contributed by atoms with Crippen molar-refractivity contribution in [2.24, 2.45) is 0 Å². The summed E-state index contributed by atoms with van der Waals surface area (Å²) in [5.74, 6) is 1.69. The standard InChI is InChI=1S/C30H38N2O5S/c1-5-6-16-31(30(34)22-37-25-10-8-7-9-11-25)21-29(33)32(20-28-23(2)15-18-38-28)17-14-24-12-13-26(35-3)27(19-24)36-4/h7-13,15,18-19H,5-6,14,16-17,20-22H2,1-4H3. The van der Waals surface area contributed by atoms with Crippen LogP contribution < -0.4 is 14.2 Å². The monoisotopic (exact) mass is 538 g/mol. The summed E-state index contributed by atoms with van der Waals surface area (Å²) in [7, 11) is 3.22. The number of carbonyl (C=O) groups is 2. The molecule has 3 rings (SSSR count). The van der Waals surface area contributed by atoms with Gasteiger partial charge in [-0.05, 0) is 66.6 Å². The highest BCUT2D eigenvalue weighted by atomic mass is 32.1. The van der Waals surface area contributed by atoms with Crippen LogP contribution in [0.1, 0.15) is 35.8 Å². The van der Waals surface area contributed by atoms with Crippen LogP contribution in [0.5, 0.6) is 17.2 Å². The molecule has 1 aromatic heterocycles. The van der Waals surface area contributed by atoms with E-state index >= 15 is 0 Å². The average molecular weight is 539 g/mol. The Kier molecular flexibility index (Phi) is 11.5. The van der Waals surface area contributed by atoms with E-state index < -0.39 is 0 Å². The van der Waals surface area contributed by atoms with Gasteiger partial charge in [0.15, 0.2) is 18.1 Å². The molecule has 1 heterocycles. The molecule has 38 heavy (non-hydrogen) atoms. The van der Waals surface area contributed by atoms with Gasteiger partial charge >= 0.3 is 0 Å². The molecule has 0 saturated carbocycles. The van der Waals surface area contributed by atoms with E-state index in [9.17, 15) is 9.59 Å². The summed E-state index contributed by atoms with van der Waals surface area (Å²) >= 11 is 1.64. The normalized spacial score (nSPS) is 10.6. The second-order valence-corrected chi connectivity index (χ2v) is 10.1. The fraction of sp³-hybridized carbons (Fsp3) is 0.400. The second-order valence-electron chi connectivity index (χ2n) is 9.05. The Morgan fingerprint density at radius 2 is 1.66 bits per heavy atom. The lowest BCUT2D eigenvalue weighted by Crippen LogP contribution is -2.45. The Morgan fingerprint density at radius 1 is 0.895 bits per heavy atom. The van der Waals surface area contributed by atoms with Gasteiger partial charge in [-0.1, -0.05) is 37.6 Å². The molecular weight excluding hydrogens is 500 g/mol. The molecule has 0 bridgehead atoms. The molecule has 0 aliphatic heterocycles. The van der Waals surface area contributed by atoms with E-state index in [1.165, 1.54) is 0 Å². The van der Waals surface area contributed by atoms with Crippen LogP contribution in [0.3, 0.4) is 0 Å². The molecule has 3 aromatic rings. The molecule has 2 aromatic carbocycles. The van der Waals surface area contributed by atoms with E-state index in [1.54, 1.807) is 30.5 Å². The van der Waals surface area contributed by atoms with Crippen LogP contribution in [0.25, 0.3) is 0 Å². The lowest BCUT2D eigenvalue weighted by Gasteiger charge is -2.28. The van der Waals surface area contributed by atoms with Crippen LogP contribution in [0.2, 0.25) is 0 Å². The number of para-hydroxylation sites is 1. The highest BCUT2D eigenvalue weighted by Gasteiger charge is 2.22. The van der Waals surface area contributed by atoms with Crippen molar-refractivity contribution in [2.45, 2.75) is 39.7 Å². The smallest absolute Gasteiger partial charge is 0.260 e. The first kappa shape index (κ1) is 29.0. The highest BCUT2D eigenvalue weighted by Crippen LogP contribution is 2.28. The number of nitrogens with zero attached hydrogens (tertiary/aromatic N) is 2. The third-order valence-electron chi connectivity index (χ3n) is 6.34. The van der Waals surface area contributed by atoms with Crippen LogP contribution in [0.4, 0.5) is 0 Å². The molecule has 2 amide bonds. The Morgan fingerprint density at radius 3 is 2.32 bits per heavy atom. The summed E-state index contributed by atoms with van der Waals surface area (Å²) in [6.45, 7) is 5.58. The number of unbranched alkanes of at least 4 members (excludes halogenated alkanes) is 1. The molecule has 204 valence electrons. The minimum atomic E-state index is -0.192. The van der Waals surface area contributed by atoms with E-state index in [0.717, 1.165) is 28.8 Å². The van der Waals surface area contributed by atoms with Gasteiger partial charge in [0.2, 0.25) is 5.91 Å². The first-order valence-electron chi connectivity index (χ1n) is 12.9. The van der Waals surface area contributed by atoms with Crippen LogP contribution in [-0.2, 0) is 22.6 Å². The SMILES string of the molecule is CCCCN(CC(=O)N(CCc1ccc(OC)c(OC)c1)Cc1sccc1C)C(=O)COc1ccccc1. The molecule has 0 saturated heterocycles. The average Bonchev–Trinajstić information content (AvgIpc) is 3.35. The van der Waals surface area contributed by atoms with Crippen molar-refractivity contribution in [1.29, 1.82) is 0 Å². The molecule has 0 atom stereocenters. The van der Waals surface area contributed by atoms with Gasteiger partial charge < -0.3 is 24.0 Å². The number of rotatable bonds is 15. The topological polar surface area (TPSA) is 68.3 Å². The Hall–Kier alpha value is -3.52. The van der Waals surface area contributed by atoms with Crippen LogP contribution in [0, 0.1) is 6.92 Å². The first-order chi connectivity index (χ1) is 18.4. The number of aryl methyl sites for hydroxylation is 1. The van der Waals surface area contributed by atoms with Gasteiger partial charge in [-0.3, -0.25) is 9.59 Å². The molecule has 0 radical (unpaired) electrons. The second kappa shape index (κ2) is 15.0. The molecule has 0 fully saturated rings. The Labute approximate surface area is 229 Å². The van der Waals surface area contributed by atoms with Crippen molar-refractivity contribution in [1.82, 2.24) is 9.80 Å². The zero-order valence-electron chi connectivity index (χ0n) is 22.8. The minimum Gasteiger partial charge on any atom is -0.493 e. The number of hydrogen-bond acceptors (Lipinski definition) is 6. The van der Waals surface area contributed by atoms with Gasteiger partial charge in [-0.15, -0.1) is 11.3 Å². The van der Waals surface area contributed by atoms with E-state index in [1.807, 2.05) is 58.8 Å². The van der Waals surface area contributed by atoms with Gasteiger partial charge in [0.25, 0.3) is 5.91 Å². The summed E-state index contributed by atoms with van der Waals surface area (Å²) in [5.41, 5.74) is 2.20. The van der Waals surface area contributed by atoms with Crippen molar-refractivity contribution < 1.29 is 23.8 Å². The lowest BCUT2D eigenvalue weighted by atomic mass is 10.1. The number of ether oxygens (including phenoxy) is 3. The van der Waals surface area contributed by atoms with Gasteiger partial charge in [-0.2, -0.15) is 0 Å². The van der Waals surface area contributed by atoms with Gasteiger partial charge in [0, 0.05) is 18.0 Å². The maximum atomic E-state index is 13.6. The number of hydrogen-bond donors (Lipinski definition) is 0. The predicted octanol–water partition coefficient (Wildman–Crippen LogP) is 5.35. The molecule has 0 aliphatic rings. The largest absolute Gasteiger partial charge is 0.493 e. The quantitative estimate of drug-likeness (QED) is 0.261. The van der Waals surface area contributed by atoms with Gasteiger partial charge in [0.05, 0.1) is 27.3 Å². The number of benzene rings is 2. The van der Waals surface area contributed by atoms with E-state index in [0.29, 0.717) is 43.3 Å². The molecule has 8 heteroatoms. The zero-order valence-corrected chi connectivity index (χ0v) is 23.6.